The Labute approximate surface area is 216 Å². The third-order valence-corrected chi connectivity index (χ3v) is 5.29. The molecule has 0 amide bonds. The molecule has 0 aliphatic carbocycles. The van der Waals surface area contributed by atoms with E-state index in [1.165, 1.54) is 22.3 Å². The Hall–Kier alpha value is -4.11. The maximum atomic E-state index is 4.28. The van der Waals surface area contributed by atoms with Crippen molar-refractivity contribution in [2.75, 3.05) is 0 Å². The largest absolute Gasteiger partial charge is 0.219 e. The van der Waals surface area contributed by atoms with E-state index in [4.69, 9.17) is 0 Å². The van der Waals surface area contributed by atoms with Gasteiger partial charge in [-0.15, -0.1) is 0 Å². The van der Waals surface area contributed by atoms with Crippen LogP contribution in [-0.4, -0.2) is 15.0 Å². The summed E-state index contributed by atoms with van der Waals surface area (Å²) < 4.78 is 0. The van der Waals surface area contributed by atoms with Crippen LogP contribution in [0.1, 0.15) is 38.2 Å². The number of benzene rings is 4. The molecule has 0 bridgehead atoms. The van der Waals surface area contributed by atoms with Crippen LogP contribution in [0.5, 0.6) is 0 Å². The SMILES string of the molecule is Cc1nc(C)nc(C(C)(C)C)n1.c1ccc(-c2ccccc2)cc1.c1ccc(-c2ccccc2)cc1. The summed E-state index contributed by atoms with van der Waals surface area (Å²) in [6.45, 7) is 10.1. The van der Waals surface area contributed by atoms with Crippen LogP contribution < -0.4 is 0 Å². The van der Waals surface area contributed by atoms with Crippen LogP contribution in [0.4, 0.5) is 0 Å². The molecule has 0 spiro atoms. The second kappa shape index (κ2) is 13.1. The Morgan fingerprint density at radius 1 is 0.389 bits per heavy atom. The Kier molecular flexibility index (Phi) is 9.64. The monoisotopic (exact) mass is 473 g/mol. The Bertz CT molecular complexity index is 1130. The molecule has 0 saturated heterocycles. The van der Waals surface area contributed by atoms with Gasteiger partial charge in [0, 0.05) is 5.41 Å². The molecule has 5 rings (SSSR count). The highest BCUT2D eigenvalue weighted by Crippen LogP contribution is 2.19. The fourth-order valence-corrected chi connectivity index (χ4v) is 3.47. The lowest BCUT2D eigenvalue weighted by Gasteiger charge is -2.16. The summed E-state index contributed by atoms with van der Waals surface area (Å²) in [5.41, 5.74) is 5.12. The standard InChI is InChI=1S/2C12H10.C9H15N3/c2*1-3-7-11(8-4-1)12-9-5-2-6-10-12;1-6-10-7(2)12-8(11-6)9(3,4)5/h2*1-10H;1-5H3. The van der Waals surface area contributed by atoms with Crippen LogP contribution in [0, 0.1) is 13.8 Å². The van der Waals surface area contributed by atoms with Crippen molar-refractivity contribution in [3.63, 3.8) is 0 Å². The molecule has 3 heteroatoms. The van der Waals surface area contributed by atoms with Crippen LogP contribution in [0.2, 0.25) is 0 Å². The number of aromatic nitrogens is 3. The normalized spacial score (nSPS) is 10.4. The first-order valence-corrected chi connectivity index (χ1v) is 12.2. The molecular formula is C33H35N3. The Morgan fingerprint density at radius 2 is 0.639 bits per heavy atom. The van der Waals surface area contributed by atoms with Crippen molar-refractivity contribution in [3.8, 4) is 22.3 Å². The predicted molar refractivity (Wildman–Crippen MR) is 152 cm³/mol. The van der Waals surface area contributed by atoms with Crippen molar-refractivity contribution in [2.45, 2.75) is 40.0 Å². The van der Waals surface area contributed by atoms with Crippen molar-refractivity contribution in [3.05, 3.63) is 139 Å². The summed E-state index contributed by atoms with van der Waals surface area (Å²) in [7, 11) is 0. The van der Waals surface area contributed by atoms with Gasteiger partial charge in [-0.1, -0.05) is 142 Å². The van der Waals surface area contributed by atoms with E-state index in [9.17, 15) is 0 Å². The third-order valence-electron chi connectivity index (χ3n) is 5.29. The fourth-order valence-electron chi connectivity index (χ4n) is 3.47. The number of aryl methyl sites for hydroxylation is 2. The lowest BCUT2D eigenvalue weighted by molar-refractivity contribution is 0.534. The van der Waals surface area contributed by atoms with Gasteiger partial charge in [0.25, 0.3) is 0 Å². The average Bonchev–Trinajstić information content (AvgIpc) is 2.90. The molecule has 0 unspecified atom stereocenters. The zero-order valence-electron chi connectivity index (χ0n) is 21.9. The molecule has 0 fully saturated rings. The zero-order chi connectivity index (χ0) is 25.8. The molecule has 0 aliphatic rings. The van der Waals surface area contributed by atoms with Crippen molar-refractivity contribution in [1.82, 2.24) is 15.0 Å². The highest BCUT2D eigenvalue weighted by atomic mass is 15.0. The first kappa shape index (κ1) is 26.5. The quantitative estimate of drug-likeness (QED) is 0.258. The van der Waals surface area contributed by atoms with Crippen LogP contribution in [-0.2, 0) is 5.41 Å². The number of hydrogen-bond acceptors (Lipinski definition) is 3. The third kappa shape index (κ3) is 8.59. The summed E-state index contributed by atoms with van der Waals surface area (Å²) in [5, 5.41) is 0. The van der Waals surface area contributed by atoms with Gasteiger partial charge in [-0.25, -0.2) is 15.0 Å². The van der Waals surface area contributed by atoms with Crippen LogP contribution in [0.15, 0.2) is 121 Å². The van der Waals surface area contributed by atoms with Crippen molar-refractivity contribution in [1.29, 1.82) is 0 Å². The number of rotatable bonds is 2. The summed E-state index contributed by atoms with van der Waals surface area (Å²) >= 11 is 0. The summed E-state index contributed by atoms with van der Waals surface area (Å²) in [6.07, 6.45) is 0. The van der Waals surface area contributed by atoms with Gasteiger partial charge in [0.1, 0.15) is 17.5 Å². The molecule has 4 aromatic carbocycles. The highest BCUT2D eigenvalue weighted by Gasteiger charge is 2.17. The van der Waals surface area contributed by atoms with Crippen LogP contribution >= 0.6 is 0 Å². The van der Waals surface area contributed by atoms with E-state index in [1.54, 1.807) is 0 Å². The average molecular weight is 474 g/mol. The smallest absolute Gasteiger partial charge is 0.137 e. The lowest BCUT2D eigenvalue weighted by atomic mass is 9.96. The van der Waals surface area contributed by atoms with E-state index >= 15 is 0 Å². The van der Waals surface area contributed by atoms with Crippen molar-refractivity contribution >= 4 is 0 Å². The van der Waals surface area contributed by atoms with Crippen LogP contribution in [0.25, 0.3) is 22.3 Å². The molecular weight excluding hydrogens is 438 g/mol. The maximum absolute atomic E-state index is 4.28. The minimum absolute atomic E-state index is 0.0124. The van der Waals surface area contributed by atoms with Gasteiger partial charge in [-0.05, 0) is 36.1 Å². The van der Waals surface area contributed by atoms with Crippen molar-refractivity contribution < 1.29 is 0 Å². The molecule has 0 atom stereocenters. The van der Waals surface area contributed by atoms with E-state index < -0.39 is 0 Å². The van der Waals surface area contributed by atoms with Gasteiger partial charge in [-0.2, -0.15) is 0 Å². The lowest BCUT2D eigenvalue weighted by Crippen LogP contribution is -2.18. The highest BCUT2D eigenvalue weighted by molar-refractivity contribution is 5.63. The summed E-state index contributed by atoms with van der Waals surface area (Å²) in [6, 6.07) is 41.6. The van der Waals surface area contributed by atoms with Gasteiger partial charge < -0.3 is 0 Å². The van der Waals surface area contributed by atoms with Gasteiger partial charge in [0.15, 0.2) is 0 Å². The van der Waals surface area contributed by atoms with E-state index in [0.29, 0.717) is 0 Å². The minimum Gasteiger partial charge on any atom is -0.219 e. The van der Waals surface area contributed by atoms with E-state index in [2.05, 4.69) is 133 Å². The summed E-state index contributed by atoms with van der Waals surface area (Å²) in [5.74, 6) is 2.47. The second-order valence-electron chi connectivity index (χ2n) is 9.47. The molecule has 0 aliphatic heterocycles. The second-order valence-corrected chi connectivity index (χ2v) is 9.47. The molecule has 0 saturated carbocycles. The number of nitrogens with zero attached hydrogens (tertiary/aromatic N) is 3. The molecule has 36 heavy (non-hydrogen) atoms. The van der Waals surface area contributed by atoms with E-state index in [1.807, 2.05) is 38.1 Å². The van der Waals surface area contributed by atoms with E-state index in [0.717, 1.165) is 17.5 Å². The van der Waals surface area contributed by atoms with Crippen molar-refractivity contribution in [2.24, 2.45) is 0 Å². The maximum Gasteiger partial charge on any atom is 0.137 e. The summed E-state index contributed by atoms with van der Waals surface area (Å²) in [4.78, 5) is 12.7. The van der Waals surface area contributed by atoms with Crippen LogP contribution in [0.3, 0.4) is 0 Å². The Balaban J connectivity index is 0.000000150. The first-order valence-electron chi connectivity index (χ1n) is 12.2. The van der Waals surface area contributed by atoms with E-state index in [-0.39, 0.29) is 5.41 Å². The molecule has 0 N–H and O–H groups in total. The number of hydrogen-bond donors (Lipinski definition) is 0. The molecule has 1 aromatic heterocycles. The first-order chi connectivity index (χ1) is 17.3. The van der Waals surface area contributed by atoms with Gasteiger partial charge >= 0.3 is 0 Å². The fraction of sp³-hybridized carbons (Fsp3) is 0.182. The molecule has 182 valence electrons. The van der Waals surface area contributed by atoms with Gasteiger partial charge in [-0.3, -0.25) is 0 Å². The molecule has 3 nitrogen and oxygen atoms in total. The van der Waals surface area contributed by atoms with Gasteiger partial charge in [0.05, 0.1) is 0 Å². The zero-order valence-corrected chi connectivity index (χ0v) is 21.9. The topological polar surface area (TPSA) is 38.7 Å². The molecule has 1 heterocycles. The minimum atomic E-state index is 0.0124. The molecule has 0 radical (unpaired) electrons. The van der Waals surface area contributed by atoms with Gasteiger partial charge in [0.2, 0.25) is 0 Å². The Morgan fingerprint density at radius 3 is 0.861 bits per heavy atom. The molecule has 5 aromatic rings. The predicted octanol–water partition coefficient (Wildman–Crippen LogP) is 8.49.